The average molecular weight is 254 g/mol. The topological polar surface area (TPSA) is 50.7 Å². The summed E-state index contributed by atoms with van der Waals surface area (Å²) in [7, 11) is 0. The van der Waals surface area contributed by atoms with E-state index in [4.69, 9.17) is 0 Å². The van der Waals surface area contributed by atoms with Crippen molar-refractivity contribution in [2.24, 2.45) is 0 Å². The number of benzene rings is 1. The van der Waals surface area contributed by atoms with Gasteiger partial charge in [0.1, 0.15) is 6.33 Å². The molecule has 2 aromatic rings. The Labute approximate surface area is 88.7 Å². The first-order chi connectivity index (χ1) is 6.70. The van der Waals surface area contributed by atoms with Crippen LogP contribution in [0.1, 0.15) is 5.56 Å². The first-order valence-electron chi connectivity index (χ1n) is 4.08. The van der Waals surface area contributed by atoms with Crippen LogP contribution in [0.25, 0.3) is 5.69 Å². The van der Waals surface area contributed by atoms with Crippen molar-refractivity contribution in [3.63, 3.8) is 0 Å². The summed E-state index contributed by atoms with van der Waals surface area (Å²) < 4.78 is 2.30. The molecule has 1 aromatic heterocycles. The van der Waals surface area contributed by atoms with Crippen molar-refractivity contribution in [1.82, 2.24) is 14.8 Å². The smallest absolute Gasteiger partial charge is 0.295 e. The zero-order chi connectivity index (χ0) is 10.1. The van der Waals surface area contributed by atoms with E-state index in [1.807, 2.05) is 25.1 Å². The highest BCUT2D eigenvalue weighted by Crippen LogP contribution is 2.20. The highest BCUT2D eigenvalue weighted by atomic mass is 79.9. The summed E-state index contributed by atoms with van der Waals surface area (Å²) in [6.07, 6.45) is 1.38. The average Bonchev–Trinajstić information content (AvgIpc) is 2.57. The van der Waals surface area contributed by atoms with Gasteiger partial charge in [0.25, 0.3) is 0 Å². The van der Waals surface area contributed by atoms with Crippen LogP contribution < -0.4 is 5.69 Å². The molecule has 0 bridgehead atoms. The number of nitrogens with zero attached hydrogens (tertiary/aromatic N) is 2. The predicted molar refractivity (Wildman–Crippen MR) is 56.6 cm³/mol. The summed E-state index contributed by atoms with van der Waals surface area (Å²) in [6, 6.07) is 5.65. The number of halogens is 1. The number of aromatic amines is 1. The van der Waals surface area contributed by atoms with Gasteiger partial charge in [-0.05, 0) is 24.6 Å². The Balaban J connectivity index is 2.69. The maximum Gasteiger partial charge on any atom is 0.347 e. The molecule has 0 spiro atoms. The van der Waals surface area contributed by atoms with Gasteiger partial charge >= 0.3 is 5.69 Å². The van der Waals surface area contributed by atoms with E-state index in [0.29, 0.717) is 0 Å². The molecule has 0 atom stereocenters. The van der Waals surface area contributed by atoms with Gasteiger partial charge in [-0.15, -0.1) is 0 Å². The molecule has 0 unspecified atom stereocenters. The number of hydrogen-bond acceptors (Lipinski definition) is 2. The summed E-state index contributed by atoms with van der Waals surface area (Å²) in [5.74, 6) is 0. The third-order valence-electron chi connectivity index (χ3n) is 2.02. The molecule has 0 saturated carbocycles. The lowest BCUT2D eigenvalue weighted by Gasteiger charge is -2.05. The van der Waals surface area contributed by atoms with Gasteiger partial charge in [-0.1, -0.05) is 22.0 Å². The molecule has 1 heterocycles. The minimum absolute atomic E-state index is 0.230. The molecule has 0 aliphatic heterocycles. The molecular formula is C9H8BrN3O. The fourth-order valence-electron chi connectivity index (χ4n) is 1.25. The van der Waals surface area contributed by atoms with Crippen LogP contribution >= 0.6 is 15.9 Å². The van der Waals surface area contributed by atoms with Crippen molar-refractivity contribution in [2.45, 2.75) is 6.92 Å². The summed E-state index contributed by atoms with van der Waals surface area (Å²) in [6.45, 7) is 1.93. The van der Waals surface area contributed by atoms with E-state index < -0.39 is 0 Å². The van der Waals surface area contributed by atoms with Crippen molar-refractivity contribution in [2.75, 3.05) is 0 Å². The molecule has 0 aliphatic carbocycles. The highest BCUT2D eigenvalue weighted by Gasteiger charge is 2.06. The largest absolute Gasteiger partial charge is 0.347 e. The number of H-pyrrole nitrogens is 1. The lowest BCUT2D eigenvalue weighted by atomic mass is 10.2. The zero-order valence-corrected chi connectivity index (χ0v) is 9.08. The van der Waals surface area contributed by atoms with Crippen molar-refractivity contribution in [3.05, 3.63) is 45.0 Å². The maximum atomic E-state index is 11.3. The molecule has 2 rings (SSSR count). The standard InChI is InChI=1S/C9H8BrN3O/c1-6-7(10)3-2-4-8(6)13-9(14)11-5-12-13/h2-5H,1H3,(H,11,12,14). The second-order valence-electron chi connectivity index (χ2n) is 2.89. The summed E-state index contributed by atoms with van der Waals surface area (Å²) in [5.41, 5.74) is 1.54. The van der Waals surface area contributed by atoms with Crippen molar-refractivity contribution < 1.29 is 0 Å². The lowest BCUT2D eigenvalue weighted by molar-refractivity contribution is 0.835. The summed E-state index contributed by atoms with van der Waals surface area (Å²) in [5, 5.41) is 3.92. The Morgan fingerprint density at radius 3 is 2.93 bits per heavy atom. The van der Waals surface area contributed by atoms with Crippen LogP contribution in [-0.4, -0.2) is 14.8 Å². The highest BCUT2D eigenvalue weighted by molar-refractivity contribution is 9.10. The SMILES string of the molecule is Cc1c(Br)cccc1-n1nc[nH]c1=O. The molecule has 5 heteroatoms. The molecular weight excluding hydrogens is 246 g/mol. The Bertz CT molecular complexity index is 515. The van der Waals surface area contributed by atoms with Crippen molar-refractivity contribution in [3.8, 4) is 5.69 Å². The molecule has 1 N–H and O–H groups in total. The van der Waals surface area contributed by atoms with Gasteiger partial charge in [0.05, 0.1) is 5.69 Å². The van der Waals surface area contributed by atoms with Gasteiger partial charge in [0.2, 0.25) is 0 Å². The minimum atomic E-state index is -0.230. The molecule has 4 nitrogen and oxygen atoms in total. The van der Waals surface area contributed by atoms with E-state index in [-0.39, 0.29) is 5.69 Å². The first kappa shape index (κ1) is 9.21. The minimum Gasteiger partial charge on any atom is -0.295 e. The van der Waals surface area contributed by atoms with Crippen LogP contribution in [0.5, 0.6) is 0 Å². The summed E-state index contributed by atoms with van der Waals surface area (Å²) in [4.78, 5) is 13.8. The normalized spacial score (nSPS) is 10.4. The fraction of sp³-hybridized carbons (Fsp3) is 0.111. The van der Waals surface area contributed by atoms with Gasteiger partial charge in [-0.2, -0.15) is 9.78 Å². The van der Waals surface area contributed by atoms with Gasteiger partial charge in [-0.25, -0.2) is 4.79 Å². The number of aromatic nitrogens is 3. The Morgan fingerprint density at radius 1 is 1.50 bits per heavy atom. The van der Waals surface area contributed by atoms with E-state index in [2.05, 4.69) is 26.0 Å². The third-order valence-corrected chi connectivity index (χ3v) is 2.88. The van der Waals surface area contributed by atoms with Crippen LogP contribution in [0, 0.1) is 6.92 Å². The van der Waals surface area contributed by atoms with E-state index >= 15 is 0 Å². The molecule has 0 radical (unpaired) electrons. The second-order valence-corrected chi connectivity index (χ2v) is 3.74. The van der Waals surface area contributed by atoms with E-state index in [0.717, 1.165) is 15.7 Å². The first-order valence-corrected chi connectivity index (χ1v) is 4.87. The number of rotatable bonds is 1. The second kappa shape index (κ2) is 3.42. The van der Waals surface area contributed by atoms with Crippen LogP contribution in [0.2, 0.25) is 0 Å². The molecule has 0 fully saturated rings. The monoisotopic (exact) mass is 253 g/mol. The molecule has 1 aromatic carbocycles. The van der Waals surface area contributed by atoms with Crippen LogP contribution in [-0.2, 0) is 0 Å². The van der Waals surface area contributed by atoms with Crippen LogP contribution in [0.15, 0.2) is 33.8 Å². The Kier molecular flexibility index (Phi) is 2.25. The fourth-order valence-corrected chi connectivity index (χ4v) is 1.61. The van der Waals surface area contributed by atoms with E-state index in [1.165, 1.54) is 11.0 Å². The summed E-state index contributed by atoms with van der Waals surface area (Å²) >= 11 is 3.40. The Morgan fingerprint density at radius 2 is 2.29 bits per heavy atom. The van der Waals surface area contributed by atoms with Crippen LogP contribution in [0.4, 0.5) is 0 Å². The van der Waals surface area contributed by atoms with Gasteiger partial charge in [-0.3, -0.25) is 4.98 Å². The van der Waals surface area contributed by atoms with Gasteiger partial charge < -0.3 is 0 Å². The third kappa shape index (κ3) is 1.39. The van der Waals surface area contributed by atoms with Gasteiger partial charge in [0, 0.05) is 4.47 Å². The number of hydrogen-bond donors (Lipinski definition) is 1. The predicted octanol–water partition coefficient (Wildman–Crippen LogP) is 1.63. The van der Waals surface area contributed by atoms with E-state index in [1.54, 1.807) is 0 Å². The molecule has 0 aliphatic rings. The lowest BCUT2D eigenvalue weighted by Crippen LogP contribution is -2.16. The molecule has 72 valence electrons. The number of nitrogens with one attached hydrogen (secondary N) is 1. The van der Waals surface area contributed by atoms with Gasteiger partial charge in [0.15, 0.2) is 0 Å². The molecule has 14 heavy (non-hydrogen) atoms. The van der Waals surface area contributed by atoms with Crippen molar-refractivity contribution >= 4 is 15.9 Å². The Hall–Kier alpha value is -1.36. The zero-order valence-electron chi connectivity index (χ0n) is 7.49. The maximum absolute atomic E-state index is 11.3. The van der Waals surface area contributed by atoms with Crippen molar-refractivity contribution in [1.29, 1.82) is 0 Å². The molecule has 0 saturated heterocycles. The quantitative estimate of drug-likeness (QED) is 0.840. The van der Waals surface area contributed by atoms with Crippen LogP contribution in [0.3, 0.4) is 0 Å². The van der Waals surface area contributed by atoms with E-state index in [9.17, 15) is 4.79 Å². The molecule has 0 amide bonds.